The molecule has 1 aliphatic heterocycles. The molecule has 1 aliphatic rings. The molecule has 3 rings (SSSR count). The average Bonchev–Trinajstić information content (AvgIpc) is 2.96. The van der Waals surface area contributed by atoms with Gasteiger partial charge in [0.05, 0.1) is 23.6 Å². The van der Waals surface area contributed by atoms with Crippen molar-refractivity contribution in [3.8, 4) is 11.4 Å². The van der Waals surface area contributed by atoms with Gasteiger partial charge in [0.2, 0.25) is 0 Å². The van der Waals surface area contributed by atoms with Gasteiger partial charge in [-0.1, -0.05) is 0 Å². The average molecular weight is 311 g/mol. The predicted molar refractivity (Wildman–Crippen MR) is 75.1 cm³/mol. The van der Waals surface area contributed by atoms with Crippen molar-refractivity contribution in [3.05, 3.63) is 42.2 Å². The summed E-state index contributed by atoms with van der Waals surface area (Å²) in [5, 5.41) is 7.39. The monoisotopic (exact) mass is 311 g/mol. The number of nitrogens with zero attached hydrogens (tertiary/aromatic N) is 2. The smallest absolute Gasteiger partial charge is 0.416 e. The van der Waals surface area contributed by atoms with E-state index in [1.165, 1.54) is 16.8 Å². The normalized spacial score (nSPS) is 19.1. The fourth-order valence-corrected chi connectivity index (χ4v) is 2.42. The zero-order valence-electron chi connectivity index (χ0n) is 11.8. The Morgan fingerprint density at radius 1 is 1.23 bits per heavy atom. The minimum atomic E-state index is -4.33. The highest BCUT2D eigenvalue weighted by Crippen LogP contribution is 2.29. The van der Waals surface area contributed by atoms with Gasteiger partial charge in [-0.2, -0.15) is 18.3 Å². The third-order valence-electron chi connectivity index (χ3n) is 3.57. The van der Waals surface area contributed by atoms with Gasteiger partial charge in [0.15, 0.2) is 5.75 Å². The lowest BCUT2D eigenvalue weighted by Gasteiger charge is -2.22. The van der Waals surface area contributed by atoms with E-state index in [-0.39, 0.29) is 6.10 Å². The van der Waals surface area contributed by atoms with Crippen LogP contribution in [0.25, 0.3) is 5.69 Å². The van der Waals surface area contributed by atoms with Gasteiger partial charge in [-0.3, -0.25) is 0 Å². The van der Waals surface area contributed by atoms with Crippen molar-refractivity contribution >= 4 is 0 Å². The molecule has 0 bridgehead atoms. The Balaban J connectivity index is 1.70. The summed E-state index contributed by atoms with van der Waals surface area (Å²) in [5.74, 6) is 0.619. The molecule has 0 spiro atoms. The van der Waals surface area contributed by atoms with Crippen molar-refractivity contribution in [2.45, 2.75) is 25.1 Å². The molecule has 0 aliphatic carbocycles. The van der Waals surface area contributed by atoms with Gasteiger partial charge in [0.25, 0.3) is 0 Å². The van der Waals surface area contributed by atoms with Gasteiger partial charge in [-0.05, 0) is 43.7 Å². The number of halogens is 3. The first kappa shape index (κ1) is 14.9. The molecule has 1 atom stereocenters. The van der Waals surface area contributed by atoms with Crippen LogP contribution in [0.2, 0.25) is 0 Å². The van der Waals surface area contributed by atoms with E-state index in [1.807, 2.05) is 0 Å². The van der Waals surface area contributed by atoms with Crippen LogP contribution in [-0.4, -0.2) is 29.0 Å². The number of aromatic nitrogens is 2. The zero-order chi connectivity index (χ0) is 15.6. The van der Waals surface area contributed by atoms with E-state index in [4.69, 9.17) is 4.74 Å². The van der Waals surface area contributed by atoms with E-state index in [2.05, 4.69) is 10.4 Å². The number of hydrogen-bond acceptors (Lipinski definition) is 3. The lowest BCUT2D eigenvalue weighted by molar-refractivity contribution is -0.137. The van der Waals surface area contributed by atoms with Gasteiger partial charge in [-0.15, -0.1) is 0 Å². The van der Waals surface area contributed by atoms with Crippen LogP contribution in [0.15, 0.2) is 36.7 Å². The van der Waals surface area contributed by atoms with E-state index in [9.17, 15) is 13.2 Å². The summed E-state index contributed by atoms with van der Waals surface area (Å²) in [6, 6.07) is 4.87. The summed E-state index contributed by atoms with van der Waals surface area (Å²) in [6.45, 7) is 1.80. The first-order chi connectivity index (χ1) is 10.5. The molecule has 1 N–H and O–H groups in total. The molecule has 4 nitrogen and oxygen atoms in total. The van der Waals surface area contributed by atoms with E-state index < -0.39 is 11.7 Å². The Morgan fingerprint density at radius 3 is 2.64 bits per heavy atom. The molecular weight excluding hydrogens is 295 g/mol. The van der Waals surface area contributed by atoms with Crippen LogP contribution in [0.3, 0.4) is 0 Å². The quantitative estimate of drug-likeness (QED) is 0.947. The Hall–Kier alpha value is -2.02. The largest absolute Gasteiger partial charge is 0.486 e. The molecule has 2 aromatic rings. The number of hydrogen-bond donors (Lipinski definition) is 1. The lowest BCUT2D eigenvalue weighted by atomic mass is 10.1. The van der Waals surface area contributed by atoms with Gasteiger partial charge in [0, 0.05) is 6.54 Å². The van der Waals surface area contributed by atoms with E-state index in [0.717, 1.165) is 38.1 Å². The van der Waals surface area contributed by atoms with Crippen LogP contribution in [0.4, 0.5) is 13.2 Å². The summed E-state index contributed by atoms with van der Waals surface area (Å²) in [4.78, 5) is 0. The molecule has 7 heteroatoms. The maximum absolute atomic E-state index is 12.5. The van der Waals surface area contributed by atoms with Crippen LogP contribution >= 0.6 is 0 Å². The van der Waals surface area contributed by atoms with Gasteiger partial charge in [0.1, 0.15) is 6.10 Å². The number of piperidine rings is 1. The number of benzene rings is 1. The highest BCUT2D eigenvalue weighted by Gasteiger charge is 2.30. The summed E-state index contributed by atoms with van der Waals surface area (Å²) < 4.78 is 44.9. The first-order valence-corrected chi connectivity index (χ1v) is 7.12. The van der Waals surface area contributed by atoms with Crippen LogP contribution in [0.5, 0.6) is 5.75 Å². The second kappa shape index (κ2) is 6.00. The number of ether oxygens (including phenoxy) is 1. The van der Waals surface area contributed by atoms with Crippen molar-refractivity contribution < 1.29 is 17.9 Å². The Kier molecular flexibility index (Phi) is 4.06. The summed E-state index contributed by atoms with van der Waals surface area (Å²) in [5.41, 5.74) is -0.113. The maximum Gasteiger partial charge on any atom is 0.416 e. The molecule has 22 heavy (non-hydrogen) atoms. The minimum absolute atomic E-state index is 0.110. The maximum atomic E-state index is 12.5. The summed E-state index contributed by atoms with van der Waals surface area (Å²) in [7, 11) is 0. The molecule has 1 unspecified atom stereocenters. The molecule has 0 saturated carbocycles. The van der Waals surface area contributed by atoms with Crippen molar-refractivity contribution in [2.75, 3.05) is 13.1 Å². The third-order valence-corrected chi connectivity index (χ3v) is 3.57. The predicted octanol–water partition coefficient (Wildman–Crippen LogP) is 3.02. The first-order valence-electron chi connectivity index (χ1n) is 7.12. The summed E-state index contributed by atoms with van der Waals surface area (Å²) >= 11 is 0. The number of rotatable bonds is 3. The molecule has 1 aromatic heterocycles. The van der Waals surface area contributed by atoms with E-state index >= 15 is 0 Å². The molecule has 1 aromatic carbocycles. The fraction of sp³-hybridized carbons (Fsp3) is 0.400. The Labute approximate surface area is 125 Å². The van der Waals surface area contributed by atoms with Crippen molar-refractivity contribution in [1.82, 2.24) is 15.1 Å². The molecular formula is C15H16F3N3O. The molecule has 0 amide bonds. The lowest BCUT2D eigenvalue weighted by Crippen LogP contribution is -2.37. The van der Waals surface area contributed by atoms with Crippen LogP contribution in [-0.2, 0) is 6.18 Å². The highest BCUT2D eigenvalue weighted by atomic mass is 19.4. The summed E-state index contributed by atoms with van der Waals surface area (Å²) in [6.07, 6.45) is 1.09. The standard InChI is InChI=1S/C15H16F3N3O/c16-15(17,18)11-3-5-12(6-4-11)21-10-14(9-20-21)22-13-2-1-7-19-8-13/h3-6,9-10,13,19H,1-2,7-8H2. The molecule has 1 saturated heterocycles. The van der Waals surface area contributed by atoms with Crippen LogP contribution in [0.1, 0.15) is 18.4 Å². The minimum Gasteiger partial charge on any atom is -0.486 e. The van der Waals surface area contributed by atoms with Crippen molar-refractivity contribution in [2.24, 2.45) is 0 Å². The molecule has 118 valence electrons. The fourth-order valence-electron chi connectivity index (χ4n) is 2.42. The van der Waals surface area contributed by atoms with Crippen LogP contribution < -0.4 is 10.1 Å². The second-order valence-corrected chi connectivity index (χ2v) is 5.25. The Bertz CT molecular complexity index is 616. The van der Waals surface area contributed by atoms with E-state index in [1.54, 1.807) is 12.4 Å². The number of nitrogens with one attached hydrogen (secondary N) is 1. The van der Waals surface area contributed by atoms with E-state index in [0.29, 0.717) is 11.4 Å². The zero-order valence-corrected chi connectivity index (χ0v) is 11.8. The van der Waals surface area contributed by atoms with Gasteiger partial charge >= 0.3 is 6.18 Å². The van der Waals surface area contributed by atoms with Crippen molar-refractivity contribution in [3.63, 3.8) is 0 Å². The molecule has 2 heterocycles. The van der Waals surface area contributed by atoms with Gasteiger partial charge < -0.3 is 10.1 Å². The molecule has 1 fully saturated rings. The van der Waals surface area contributed by atoms with Crippen LogP contribution in [0, 0.1) is 0 Å². The van der Waals surface area contributed by atoms with Gasteiger partial charge in [-0.25, -0.2) is 4.68 Å². The van der Waals surface area contributed by atoms with Crippen molar-refractivity contribution in [1.29, 1.82) is 0 Å². The number of alkyl halides is 3. The second-order valence-electron chi connectivity index (χ2n) is 5.25. The third kappa shape index (κ3) is 3.41. The Morgan fingerprint density at radius 2 is 2.00 bits per heavy atom. The molecule has 0 radical (unpaired) electrons. The topological polar surface area (TPSA) is 39.1 Å². The SMILES string of the molecule is FC(F)(F)c1ccc(-n2cc(OC3CCCNC3)cn2)cc1. The highest BCUT2D eigenvalue weighted by molar-refractivity contribution is 5.36.